The SMILES string of the molecule is Cc1ccccc1C(=O)Nc1ccc(C(=O)N2CCCC(N(C)C)c3ccccc32)c(F)c1. The fraction of sp³-hybridized carbons (Fsp3) is 0.259. The molecule has 5 nitrogen and oxygen atoms in total. The van der Waals surface area contributed by atoms with Crippen LogP contribution in [0.5, 0.6) is 0 Å². The standard InChI is InChI=1S/C27H28FN3O2/c1-18-9-4-5-10-20(18)26(32)29-19-14-15-21(23(28)17-19)27(33)31-16-8-13-24(30(2)3)22-11-6-7-12-25(22)31/h4-7,9-12,14-15,17,24H,8,13,16H2,1-3H3,(H,29,32). The van der Waals surface area contributed by atoms with Crippen LogP contribution < -0.4 is 10.2 Å². The first kappa shape index (κ1) is 22.7. The second-order valence-corrected chi connectivity index (χ2v) is 8.60. The van der Waals surface area contributed by atoms with Crippen LogP contribution in [0.15, 0.2) is 66.7 Å². The normalized spacial score (nSPS) is 15.7. The average molecular weight is 446 g/mol. The van der Waals surface area contributed by atoms with E-state index in [-0.39, 0.29) is 23.4 Å². The highest BCUT2D eigenvalue weighted by molar-refractivity contribution is 6.08. The molecule has 0 bridgehead atoms. The Morgan fingerprint density at radius 3 is 2.45 bits per heavy atom. The van der Waals surface area contributed by atoms with Crippen molar-refractivity contribution in [3.8, 4) is 0 Å². The molecule has 1 aliphatic heterocycles. The van der Waals surface area contributed by atoms with Gasteiger partial charge in [-0.25, -0.2) is 4.39 Å². The molecule has 170 valence electrons. The highest BCUT2D eigenvalue weighted by Gasteiger charge is 2.29. The molecule has 0 radical (unpaired) electrons. The molecule has 0 saturated heterocycles. The summed E-state index contributed by atoms with van der Waals surface area (Å²) < 4.78 is 15.1. The number of aryl methyl sites for hydroxylation is 1. The molecule has 3 aromatic rings. The van der Waals surface area contributed by atoms with Crippen molar-refractivity contribution in [1.82, 2.24) is 4.90 Å². The molecule has 1 N–H and O–H groups in total. The van der Waals surface area contributed by atoms with Gasteiger partial charge in [-0.3, -0.25) is 9.59 Å². The van der Waals surface area contributed by atoms with Gasteiger partial charge in [-0.05, 0) is 75.3 Å². The van der Waals surface area contributed by atoms with E-state index in [9.17, 15) is 9.59 Å². The predicted octanol–water partition coefficient (Wildman–Crippen LogP) is 5.43. The second-order valence-electron chi connectivity index (χ2n) is 8.60. The summed E-state index contributed by atoms with van der Waals surface area (Å²) in [6.07, 6.45) is 1.73. The number of nitrogens with one attached hydrogen (secondary N) is 1. The van der Waals surface area contributed by atoms with Gasteiger partial charge >= 0.3 is 0 Å². The Morgan fingerprint density at radius 1 is 1.00 bits per heavy atom. The summed E-state index contributed by atoms with van der Waals surface area (Å²) in [7, 11) is 4.06. The Bertz CT molecular complexity index is 1190. The summed E-state index contributed by atoms with van der Waals surface area (Å²) in [5.74, 6) is -1.35. The van der Waals surface area contributed by atoms with Crippen LogP contribution in [0.3, 0.4) is 0 Å². The Balaban J connectivity index is 1.59. The van der Waals surface area contributed by atoms with E-state index in [1.54, 1.807) is 23.1 Å². The van der Waals surface area contributed by atoms with Gasteiger partial charge in [0.1, 0.15) is 5.82 Å². The van der Waals surface area contributed by atoms with E-state index in [0.717, 1.165) is 29.7 Å². The van der Waals surface area contributed by atoms with Crippen LogP contribution in [0.1, 0.15) is 50.7 Å². The first-order valence-electron chi connectivity index (χ1n) is 11.1. The minimum atomic E-state index is -0.659. The molecule has 0 spiro atoms. The number of para-hydroxylation sites is 1. The first-order valence-corrected chi connectivity index (χ1v) is 11.1. The highest BCUT2D eigenvalue weighted by Crippen LogP contribution is 2.36. The Labute approximate surface area is 193 Å². The molecule has 0 aromatic heterocycles. The summed E-state index contributed by atoms with van der Waals surface area (Å²) in [5.41, 5.74) is 3.53. The van der Waals surface area contributed by atoms with Gasteiger partial charge < -0.3 is 15.1 Å². The minimum absolute atomic E-state index is 0.0120. The minimum Gasteiger partial charge on any atom is -0.322 e. The quantitative estimate of drug-likeness (QED) is 0.583. The number of hydrogen-bond acceptors (Lipinski definition) is 3. The van der Waals surface area contributed by atoms with E-state index >= 15 is 4.39 Å². The Kier molecular flexibility index (Phi) is 6.56. The lowest BCUT2D eigenvalue weighted by Gasteiger charge is -2.27. The summed E-state index contributed by atoms with van der Waals surface area (Å²) >= 11 is 0. The molecule has 6 heteroatoms. The van der Waals surface area contributed by atoms with E-state index in [0.29, 0.717) is 17.8 Å². The number of fused-ring (bicyclic) bond motifs is 1. The van der Waals surface area contributed by atoms with Crippen molar-refractivity contribution in [2.45, 2.75) is 25.8 Å². The maximum atomic E-state index is 15.1. The summed E-state index contributed by atoms with van der Waals surface area (Å²) in [6, 6.07) is 19.4. The number of benzene rings is 3. The van der Waals surface area contributed by atoms with Gasteiger partial charge in [-0.1, -0.05) is 36.4 Å². The van der Waals surface area contributed by atoms with Crippen LogP contribution >= 0.6 is 0 Å². The van der Waals surface area contributed by atoms with Crippen LogP contribution in [-0.2, 0) is 0 Å². The smallest absolute Gasteiger partial charge is 0.261 e. The van der Waals surface area contributed by atoms with Crippen LogP contribution in [0.4, 0.5) is 15.8 Å². The van der Waals surface area contributed by atoms with Gasteiger partial charge in [0.2, 0.25) is 0 Å². The average Bonchev–Trinajstić information content (AvgIpc) is 2.99. The van der Waals surface area contributed by atoms with Crippen molar-refractivity contribution in [2.24, 2.45) is 0 Å². The molecule has 0 aliphatic carbocycles. The predicted molar refractivity (Wildman–Crippen MR) is 129 cm³/mol. The number of anilines is 2. The molecule has 1 heterocycles. The van der Waals surface area contributed by atoms with Crippen LogP contribution in [0, 0.1) is 12.7 Å². The zero-order chi connectivity index (χ0) is 23.5. The summed E-state index contributed by atoms with van der Waals surface area (Å²) in [5, 5.41) is 2.72. The molecule has 3 aromatic carbocycles. The third kappa shape index (κ3) is 4.66. The van der Waals surface area contributed by atoms with E-state index in [1.807, 2.05) is 57.4 Å². The van der Waals surface area contributed by atoms with Gasteiger partial charge in [0, 0.05) is 29.5 Å². The van der Waals surface area contributed by atoms with Crippen LogP contribution in [-0.4, -0.2) is 37.4 Å². The first-order chi connectivity index (χ1) is 15.9. The van der Waals surface area contributed by atoms with E-state index < -0.39 is 5.82 Å². The molecule has 1 unspecified atom stereocenters. The molecular formula is C27H28FN3O2. The fourth-order valence-corrected chi connectivity index (χ4v) is 4.42. The van der Waals surface area contributed by atoms with Gasteiger partial charge in [0.15, 0.2) is 0 Å². The van der Waals surface area contributed by atoms with Gasteiger partial charge in [0.05, 0.1) is 5.56 Å². The lowest BCUT2D eigenvalue weighted by molar-refractivity contribution is 0.0982. The highest BCUT2D eigenvalue weighted by atomic mass is 19.1. The number of hydrogen-bond donors (Lipinski definition) is 1. The summed E-state index contributed by atoms with van der Waals surface area (Å²) in [4.78, 5) is 29.8. The monoisotopic (exact) mass is 445 g/mol. The maximum Gasteiger partial charge on any atom is 0.261 e. The van der Waals surface area contributed by atoms with Crippen LogP contribution in [0.25, 0.3) is 0 Å². The number of carbonyl (C=O) groups excluding carboxylic acids is 2. The zero-order valence-corrected chi connectivity index (χ0v) is 19.1. The van der Waals surface area contributed by atoms with Crippen LogP contribution in [0.2, 0.25) is 0 Å². The maximum absolute atomic E-state index is 15.1. The van der Waals surface area contributed by atoms with Crippen molar-refractivity contribution in [3.63, 3.8) is 0 Å². The topological polar surface area (TPSA) is 52.7 Å². The number of halogens is 1. The van der Waals surface area contributed by atoms with E-state index in [2.05, 4.69) is 10.2 Å². The Hall–Kier alpha value is -3.51. The number of amides is 2. The molecule has 0 saturated carbocycles. The molecule has 1 aliphatic rings. The zero-order valence-electron chi connectivity index (χ0n) is 19.1. The third-order valence-electron chi connectivity index (χ3n) is 6.16. The number of carbonyl (C=O) groups is 2. The van der Waals surface area contributed by atoms with Crippen molar-refractivity contribution in [3.05, 3.63) is 94.8 Å². The molecule has 0 fully saturated rings. The van der Waals surface area contributed by atoms with Crippen molar-refractivity contribution in [2.75, 3.05) is 30.9 Å². The lowest BCUT2D eigenvalue weighted by Crippen LogP contribution is -2.32. The van der Waals surface area contributed by atoms with Crippen molar-refractivity contribution >= 4 is 23.2 Å². The van der Waals surface area contributed by atoms with Crippen molar-refractivity contribution in [1.29, 1.82) is 0 Å². The number of rotatable bonds is 4. The second kappa shape index (κ2) is 9.55. The van der Waals surface area contributed by atoms with Gasteiger partial charge in [-0.15, -0.1) is 0 Å². The molecule has 4 rings (SSSR count). The molecule has 1 atom stereocenters. The van der Waals surface area contributed by atoms with E-state index in [4.69, 9.17) is 0 Å². The molecular weight excluding hydrogens is 417 g/mol. The van der Waals surface area contributed by atoms with E-state index in [1.165, 1.54) is 12.1 Å². The number of nitrogens with zero attached hydrogens (tertiary/aromatic N) is 2. The molecule has 2 amide bonds. The summed E-state index contributed by atoms with van der Waals surface area (Å²) in [6.45, 7) is 2.36. The molecule has 33 heavy (non-hydrogen) atoms. The van der Waals surface area contributed by atoms with Gasteiger partial charge in [0.25, 0.3) is 11.8 Å². The Morgan fingerprint density at radius 2 is 1.73 bits per heavy atom. The van der Waals surface area contributed by atoms with Gasteiger partial charge in [-0.2, -0.15) is 0 Å². The lowest BCUT2D eigenvalue weighted by atomic mass is 10.0. The largest absolute Gasteiger partial charge is 0.322 e. The third-order valence-corrected chi connectivity index (χ3v) is 6.16. The van der Waals surface area contributed by atoms with Crippen molar-refractivity contribution < 1.29 is 14.0 Å². The fourth-order valence-electron chi connectivity index (χ4n) is 4.42.